The van der Waals surface area contributed by atoms with Gasteiger partial charge in [-0.3, -0.25) is 0 Å². The highest BCUT2D eigenvalue weighted by molar-refractivity contribution is 7.17. The number of methoxy groups -OCH3 is 1. The molecule has 6 heteroatoms. The second-order valence-corrected chi connectivity index (χ2v) is 8.05. The Labute approximate surface area is 175 Å². The normalized spacial score (nSPS) is 11.2. The van der Waals surface area contributed by atoms with E-state index >= 15 is 0 Å². The van der Waals surface area contributed by atoms with E-state index in [1.165, 1.54) is 11.1 Å². The minimum atomic E-state index is 0.715. The molecule has 0 aliphatic rings. The van der Waals surface area contributed by atoms with E-state index in [0.717, 1.165) is 39.5 Å². The van der Waals surface area contributed by atoms with Crippen LogP contribution in [0.1, 0.15) is 11.1 Å². The molecule has 0 aliphatic heterocycles. The van der Waals surface area contributed by atoms with Crippen LogP contribution >= 0.6 is 11.3 Å². The number of thiophene rings is 1. The number of hydrogen-bond acceptors (Lipinski definition) is 6. The van der Waals surface area contributed by atoms with Gasteiger partial charge in [0.15, 0.2) is 0 Å². The van der Waals surface area contributed by atoms with E-state index in [0.29, 0.717) is 6.54 Å². The summed E-state index contributed by atoms with van der Waals surface area (Å²) < 4.78 is 5.28. The predicted octanol–water partition coefficient (Wildman–Crippen LogP) is 5.04. The van der Waals surface area contributed by atoms with E-state index in [9.17, 15) is 0 Å². The van der Waals surface area contributed by atoms with Gasteiger partial charge in [0, 0.05) is 24.0 Å². The molecule has 0 unspecified atom stereocenters. The van der Waals surface area contributed by atoms with Crippen LogP contribution in [0.5, 0.6) is 5.75 Å². The lowest BCUT2D eigenvalue weighted by molar-refractivity contribution is 0.402. The van der Waals surface area contributed by atoms with Crippen LogP contribution in [0.25, 0.3) is 21.3 Å². The second-order valence-electron chi connectivity index (χ2n) is 7.19. The van der Waals surface area contributed by atoms with Crippen LogP contribution in [-0.4, -0.2) is 36.1 Å². The van der Waals surface area contributed by atoms with E-state index in [1.54, 1.807) is 24.8 Å². The Hall–Kier alpha value is -2.96. The highest BCUT2D eigenvalue weighted by Crippen LogP contribution is 2.37. The van der Waals surface area contributed by atoms with Crippen molar-refractivity contribution in [2.24, 2.45) is 0 Å². The fourth-order valence-corrected chi connectivity index (χ4v) is 4.22. The van der Waals surface area contributed by atoms with E-state index in [4.69, 9.17) is 4.74 Å². The molecule has 4 aromatic rings. The molecule has 0 bridgehead atoms. The lowest BCUT2D eigenvalue weighted by atomic mass is 10.1. The topological polar surface area (TPSA) is 50.3 Å². The van der Waals surface area contributed by atoms with Crippen LogP contribution in [0, 0.1) is 0 Å². The summed E-state index contributed by atoms with van der Waals surface area (Å²) in [6.45, 7) is 1.66. The Kier molecular flexibility index (Phi) is 5.74. The van der Waals surface area contributed by atoms with Gasteiger partial charge in [0.05, 0.1) is 12.5 Å². The zero-order valence-corrected chi connectivity index (χ0v) is 17.7. The summed E-state index contributed by atoms with van der Waals surface area (Å²) in [5.74, 6) is 1.71. The van der Waals surface area contributed by atoms with E-state index in [2.05, 4.69) is 76.1 Å². The number of ether oxygens (including phenoxy) is 1. The third-order valence-electron chi connectivity index (χ3n) is 4.75. The molecular weight excluding hydrogens is 380 g/mol. The largest absolute Gasteiger partial charge is 0.497 e. The standard InChI is InChI=1S/C23H24N4OS/c1-27(2)13-17-6-4-16(5-7-17)12-24-22-21-20(14-29-23(21)26-15-25-22)18-8-10-19(28-3)11-9-18/h4-11,14-15H,12-13H2,1-3H3,(H,24,25,26). The van der Waals surface area contributed by atoms with Crippen LogP contribution in [-0.2, 0) is 13.1 Å². The number of fused-ring (bicyclic) bond motifs is 1. The van der Waals surface area contributed by atoms with Crippen molar-refractivity contribution in [1.29, 1.82) is 0 Å². The van der Waals surface area contributed by atoms with Crippen molar-refractivity contribution in [3.05, 3.63) is 71.4 Å². The molecule has 0 aliphatic carbocycles. The van der Waals surface area contributed by atoms with E-state index in [1.807, 2.05) is 12.1 Å². The molecule has 29 heavy (non-hydrogen) atoms. The quantitative estimate of drug-likeness (QED) is 0.468. The zero-order valence-electron chi connectivity index (χ0n) is 16.8. The van der Waals surface area contributed by atoms with Crippen LogP contribution in [0.3, 0.4) is 0 Å². The number of nitrogens with zero attached hydrogens (tertiary/aromatic N) is 3. The summed E-state index contributed by atoms with van der Waals surface area (Å²) in [4.78, 5) is 12.1. The first-order valence-corrected chi connectivity index (χ1v) is 10.3. The third kappa shape index (κ3) is 4.39. The monoisotopic (exact) mass is 404 g/mol. The Morgan fingerprint density at radius 3 is 2.38 bits per heavy atom. The van der Waals surface area contributed by atoms with Gasteiger partial charge in [-0.15, -0.1) is 11.3 Å². The molecule has 0 amide bonds. The first kappa shape index (κ1) is 19.4. The van der Waals surface area contributed by atoms with Gasteiger partial charge >= 0.3 is 0 Å². The molecule has 0 radical (unpaired) electrons. The van der Waals surface area contributed by atoms with Crippen LogP contribution in [0.15, 0.2) is 60.2 Å². The highest BCUT2D eigenvalue weighted by atomic mass is 32.1. The molecule has 2 aromatic heterocycles. The van der Waals surface area contributed by atoms with Gasteiger partial charge in [0.2, 0.25) is 0 Å². The van der Waals surface area contributed by atoms with Crippen molar-refractivity contribution in [2.75, 3.05) is 26.5 Å². The number of aromatic nitrogens is 2. The maximum atomic E-state index is 5.28. The number of benzene rings is 2. The van der Waals surface area contributed by atoms with Crippen molar-refractivity contribution < 1.29 is 4.74 Å². The predicted molar refractivity (Wildman–Crippen MR) is 121 cm³/mol. The Balaban J connectivity index is 1.58. The summed E-state index contributed by atoms with van der Waals surface area (Å²) in [6.07, 6.45) is 1.62. The fraction of sp³-hybridized carbons (Fsp3) is 0.217. The van der Waals surface area contributed by atoms with Gasteiger partial charge in [-0.2, -0.15) is 0 Å². The summed E-state index contributed by atoms with van der Waals surface area (Å²) in [5.41, 5.74) is 4.79. The summed E-state index contributed by atoms with van der Waals surface area (Å²) >= 11 is 1.64. The van der Waals surface area contributed by atoms with E-state index < -0.39 is 0 Å². The van der Waals surface area contributed by atoms with Gasteiger partial charge < -0.3 is 15.0 Å². The molecule has 5 nitrogen and oxygen atoms in total. The third-order valence-corrected chi connectivity index (χ3v) is 5.64. The molecule has 0 spiro atoms. The molecule has 1 N–H and O–H groups in total. The summed E-state index contributed by atoms with van der Waals surface area (Å²) in [6, 6.07) is 16.8. The van der Waals surface area contributed by atoms with E-state index in [-0.39, 0.29) is 0 Å². The van der Waals surface area contributed by atoms with Gasteiger partial charge in [-0.1, -0.05) is 36.4 Å². The molecular formula is C23H24N4OS. The lowest BCUT2D eigenvalue weighted by Crippen LogP contribution is -2.10. The zero-order chi connectivity index (χ0) is 20.2. The molecule has 0 saturated heterocycles. The van der Waals surface area contributed by atoms with Crippen molar-refractivity contribution in [2.45, 2.75) is 13.1 Å². The molecule has 148 valence electrons. The first-order chi connectivity index (χ1) is 14.1. The van der Waals surface area contributed by atoms with Crippen molar-refractivity contribution in [3.63, 3.8) is 0 Å². The van der Waals surface area contributed by atoms with Crippen molar-refractivity contribution in [3.8, 4) is 16.9 Å². The minimum Gasteiger partial charge on any atom is -0.497 e. The maximum Gasteiger partial charge on any atom is 0.139 e. The highest BCUT2D eigenvalue weighted by Gasteiger charge is 2.13. The summed E-state index contributed by atoms with van der Waals surface area (Å²) in [7, 11) is 5.84. The number of anilines is 1. The van der Waals surface area contributed by atoms with Crippen molar-refractivity contribution in [1.82, 2.24) is 14.9 Å². The van der Waals surface area contributed by atoms with Crippen LogP contribution in [0.4, 0.5) is 5.82 Å². The van der Waals surface area contributed by atoms with Gasteiger partial charge in [0.1, 0.15) is 22.7 Å². The summed E-state index contributed by atoms with van der Waals surface area (Å²) in [5, 5.41) is 6.71. The number of rotatable bonds is 7. The van der Waals surface area contributed by atoms with Gasteiger partial charge in [0.25, 0.3) is 0 Å². The SMILES string of the molecule is COc1ccc(-c2csc3ncnc(NCc4ccc(CN(C)C)cc4)c23)cc1. The molecule has 0 saturated carbocycles. The molecule has 4 rings (SSSR count). The van der Waals surface area contributed by atoms with Crippen LogP contribution < -0.4 is 10.1 Å². The molecule has 2 aromatic carbocycles. The maximum absolute atomic E-state index is 5.28. The molecule has 0 fully saturated rings. The lowest BCUT2D eigenvalue weighted by Gasteiger charge is -2.11. The van der Waals surface area contributed by atoms with Gasteiger partial charge in [-0.25, -0.2) is 9.97 Å². The molecule has 0 atom stereocenters. The Morgan fingerprint density at radius 1 is 0.966 bits per heavy atom. The smallest absolute Gasteiger partial charge is 0.139 e. The number of hydrogen-bond donors (Lipinski definition) is 1. The Bertz CT molecular complexity index is 1090. The fourth-order valence-electron chi connectivity index (χ4n) is 3.31. The average molecular weight is 405 g/mol. The first-order valence-electron chi connectivity index (χ1n) is 9.47. The van der Waals surface area contributed by atoms with Crippen LogP contribution in [0.2, 0.25) is 0 Å². The number of nitrogens with one attached hydrogen (secondary N) is 1. The van der Waals surface area contributed by atoms with Crippen molar-refractivity contribution >= 4 is 27.4 Å². The molecule has 2 heterocycles. The second kappa shape index (κ2) is 8.59. The Morgan fingerprint density at radius 2 is 1.69 bits per heavy atom. The minimum absolute atomic E-state index is 0.715. The van der Waals surface area contributed by atoms with Gasteiger partial charge in [-0.05, 0) is 42.9 Å². The average Bonchev–Trinajstić information content (AvgIpc) is 3.18.